The summed E-state index contributed by atoms with van der Waals surface area (Å²) in [6.07, 6.45) is -5.82. The van der Waals surface area contributed by atoms with Gasteiger partial charge >= 0.3 is 12.3 Å². The van der Waals surface area contributed by atoms with Gasteiger partial charge in [0.2, 0.25) is 0 Å². The van der Waals surface area contributed by atoms with Gasteiger partial charge in [-0.15, -0.1) is 0 Å². The quantitative estimate of drug-likeness (QED) is 0.547. The molecule has 1 amide bonds. The number of hydrogen-bond donors (Lipinski definition) is 2. The topological polar surface area (TPSA) is 122 Å². The minimum absolute atomic E-state index is 0.0258. The van der Waals surface area contributed by atoms with Crippen LogP contribution in [0.2, 0.25) is 0 Å². The van der Waals surface area contributed by atoms with Crippen LogP contribution < -0.4 is 5.73 Å². The van der Waals surface area contributed by atoms with Crippen LogP contribution in [-0.2, 0) is 11.3 Å². The number of amidine groups is 2. The number of benzene rings is 1. The van der Waals surface area contributed by atoms with Crippen LogP contribution in [0.3, 0.4) is 0 Å². The Labute approximate surface area is 190 Å². The molecular weight excluding hydrogens is 458 g/mol. The summed E-state index contributed by atoms with van der Waals surface area (Å²) < 4.78 is 61.5. The Kier molecular flexibility index (Phi) is 5.94. The number of nitrogens with two attached hydrogens (primary N) is 1. The molecule has 0 fully saturated rings. The number of amides is 1. The molecule has 0 bridgehead atoms. The molecule has 3 heterocycles. The van der Waals surface area contributed by atoms with Gasteiger partial charge in [0, 0.05) is 11.8 Å². The lowest BCUT2D eigenvalue weighted by Gasteiger charge is -2.37. The van der Waals surface area contributed by atoms with E-state index < -0.39 is 42.6 Å². The number of aliphatic imine (C=N–C) groups is 1. The molecule has 0 radical (unpaired) electrons. The fourth-order valence-electron chi connectivity index (χ4n) is 3.62. The fourth-order valence-corrected chi connectivity index (χ4v) is 3.62. The van der Waals surface area contributed by atoms with E-state index in [9.17, 15) is 22.4 Å². The van der Waals surface area contributed by atoms with E-state index in [-0.39, 0.29) is 18.1 Å². The summed E-state index contributed by atoms with van der Waals surface area (Å²) in [7, 11) is 0. The Morgan fingerprint density at radius 2 is 2.03 bits per heavy atom. The van der Waals surface area contributed by atoms with Crippen LogP contribution in [0.4, 0.5) is 22.4 Å². The molecule has 4 rings (SSSR count). The Bertz CT molecular complexity index is 1290. The summed E-state index contributed by atoms with van der Waals surface area (Å²) in [5.74, 6) is -1.20. The molecule has 0 aliphatic carbocycles. The van der Waals surface area contributed by atoms with Gasteiger partial charge in [-0.3, -0.25) is 5.41 Å². The van der Waals surface area contributed by atoms with E-state index in [1.807, 2.05) is 0 Å². The second-order valence-corrected chi connectivity index (χ2v) is 7.59. The predicted octanol–water partition coefficient (Wildman–Crippen LogP) is 3.07. The molecule has 178 valence electrons. The molecule has 0 saturated carbocycles. The third kappa shape index (κ3) is 4.40. The van der Waals surface area contributed by atoms with Crippen molar-refractivity contribution >= 4 is 28.8 Å². The second kappa shape index (κ2) is 8.72. The number of rotatable bonds is 5. The highest BCUT2D eigenvalue weighted by Crippen LogP contribution is 2.30. The SMILES string of the molecule is CC(N1CC(OC(N)=O)C(=N)N=C1c1nn(Cc2ccccc2F)c2ncccc12)C(F)(F)F. The van der Waals surface area contributed by atoms with Crippen molar-refractivity contribution in [2.24, 2.45) is 10.7 Å². The summed E-state index contributed by atoms with van der Waals surface area (Å²) in [5.41, 5.74) is 5.63. The van der Waals surface area contributed by atoms with Crippen LogP contribution in [0.15, 0.2) is 47.6 Å². The molecule has 3 aromatic rings. The number of hydrogen-bond acceptors (Lipinski definition) is 6. The van der Waals surface area contributed by atoms with Gasteiger partial charge in [0.15, 0.2) is 23.4 Å². The average Bonchev–Trinajstić information content (AvgIpc) is 3.13. The first kappa shape index (κ1) is 23.1. The van der Waals surface area contributed by atoms with Crippen molar-refractivity contribution in [2.75, 3.05) is 6.54 Å². The maximum Gasteiger partial charge on any atom is 0.408 e. The minimum atomic E-state index is -4.67. The maximum atomic E-state index is 14.2. The van der Waals surface area contributed by atoms with E-state index >= 15 is 0 Å². The Morgan fingerprint density at radius 1 is 1.29 bits per heavy atom. The maximum absolute atomic E-state index is 14.2. The summed E-state index contributed by atoms with van der Waals surface area (Å²) >= 11 is 0. The first-order chi connectivity index (χ1) is 16.1. The summed E-state index contributed by atoms with van der Waals surface area (Å²) in [6, 6.07) is 7.14. The van der Waals surface area contributed by atoms with Crippen molar-refractivity contribution in [1.82, 2.24) is 19.7 Å². The first-order valence-electron chi connectivity index (χ1n) is 10.1. The van der Waals surface area contributed by atoms with Crippen LogP contribution in [0.25, 0.3) is 11.0 Å². The smallest absolute Gasteiger partial charge is 0.408 e. The zero-order valence-corrected chi connectivity index (χ0v) is 17.8. The lowest BCUT2D eigenvalue weighted by Crippen LogP contribution is -2.55. The lowest BCUT2D eigenvalue weighted by molar-refractivity contribution is -0.170. The normalized spacial score (nSPS) is 17.6. The molecule has 1 aliphatic heterocycles. The van der Waals surface area contributed by atoms with Gasteiger partial charge in [-0.25, -0.2) is 23.8 Å². The van der Waals surface area contributed by atoms with Crippen LogP contribution in [0.1, 0.15) is 18.2 Å². The number of nitrogens with one attached hydrogen (secondary N) is 1. The van der Waals surface area contributed by atoms with Crippen molar-refractivity contribution in [3.63, 3.8) is 0 Å². The third-order valence-corrected chi connectivity index (χ3v) is 5.36. The largest absolute Gasteiger partial charge is 0.436 e. The third-order valence-electron chi connectivity index (χ3n) is 5.36. The van der Waals surface area contributed by atoms with E-state index in [1.165, 1.54) is 23.0 Å². The van der Waals surface area contributed by atoms with E-state index in [4.69, 9.17) is 15.9 Å². The van der Waals surface area contributed by atoms with Crippen molar-refractivity contribution in [3.8, 4) is 0 Å². The fraction of sp³-hybridized carbons (Fsp3) is 0.286. The Morgan fingerprint density at radius 3 is 2.71 bits per heavy atom. The highest BCUT2D eigenvalue weighted by Gasteiger charge is 2.45. The number of nitrogens with zero attached hydrogens (tertiary/aromatic N) is 5. The van der Waals surface area contributed by atoms with E-state index in [0.29, 0.717) is 16.6 Å². The second-order valence-electron chi connectivity index (χ2n) is 7.59. The number of pyridine rings is 1. The number of fused-ring (bicyclic) bond motifs is 1. The molecule has 1 aromatic carbocycles. The summed E-state index contributed by atoms with van der Waals surface area (Å²) in [5, 5.41) is 12.9. The number of ether oxygens (including phenoxy) is 1. The summed E-state index contributed by atoms with van der Waals surface area (Å²) in [6.45, 7) is 0.374. The van der Waals surface area contributed by atoms with E-state index in [1.54, 1.807) is 24.3 Å². The van der Waals surface area contributed by atoms with E-state index in [2.05, 4.69) is 15.1 Å². The number of primary amides is 1. The van der Waals surface area contributed by atoms with Gasteiger partial charge in [0.25, 0.3) is 0 Å². The van der Waals surface area contributed by atoms with Gasteiger partial charge in [0.1, 0.15) is 17.6 Å². The van der Waals surface area contributed by atoms with Gasteiger partial charge in [0.05, 0.1) is 18.5 Å². The zero-order chi connectivity index (χ0) is 24.6. The van der Waals surface area contributed by atoms with Crippen LogP contribution in [-0.4, -0.2) is 62.3 Å². The van der Waals surface area contributed by atoms with E-state index in [0.717, 1.165) is 11.8 Å². The van der Waals surface area contributed by atoms with Gasteiger partial charge in [-0.1, -0.05) is 18.2 Å². The molecule has 0 saturated heterocycles. The molecule has 13 heteroatoms. The van der Waals surface area contributed by atoms with Gasteiger partial charge in [-0.05, 0) is 25.1 Å². The number of aromatic nitrogens is 3. The highest BCUT2D eigenvalue weighted by atomic mass is 19.4. The van der Waals surface area contributed by atoms with Crippen molar-refractivity contribution in [1.29, 1.82) is 5.41 Å². The van der Waals surface area contributed by atoms with Gasteiger partial charge < -0.3 is 15.4 Å². The Balaban J connectivity index is 1.84. The van der Waals surface area contributed by atoms with Crippen molar-refractivity contribution < 1.29 is 27.1 Å². The average molecular weight is 477 g/mol. The van der Waals surface area contributed by atoms with Gasteiger partial charge in [-0.2, -0.15) is 18.3 Å². The zero-order valence-electron chi connectivity index (χ0n) is 17.8. The number of alkyl halides is 3. The standard InChI is InChI=1S/C21H19F4N7O2/c1-11(21(23,24)25)31-10-15(34-20(27)33)17(26)29-19(31)16-13-6-4-8-28-18(13)32(30-16)9-12-5-2-3-7-14(12)22/h2-8,11,15,26H,9-10H2,1H3,(H2,27,33). The molecular formula is C21H19F4N7O2. The van der Waals surface area contributed by atoms with Crippen LogP contribution in [0.5, 0.6) is 0 Å². The molecule has 3 N–H and O–H groups in total. The molecule has 2 aromatic heterocycles. The Hall–Kier alpha value is -4.03. The molecule has 9 nitrogen and oxygen atoms in total. The monoisotopic (exact) mass is 477 g/mol. The molecule has 0 spiro atoms. The summed E-state index contributed by atoms with van der Waals surface area (Å²) in [4.78, 5) is 20.3. The predicted molar refractivity (Wildman–Crippen MR) is 114 cm³/mol. The molecule has 2 unspecified atom stereocenters. The van der Waals surface area contributed by atoms with Crippen LogP contribution >= 0.6 is 0 Å². The molecule has 2 atom stereocenters. The van der Waals surface area contributed by atoms with Crippen molar-refractivity contribution in [3.05, 3.63) is 59.7 Å². The molecule has 1 aliphatic rings. The first-order valence-corrected chi connectivity index (χ1v) is 10.1. The highest BCUT2D eigenvalue weighted by molar-refractivity contribution is 6.13. The number of carbonyl (C=O) groups excluding carboxylic acids is 1. The lowest BCUT2D eigenvalue weighted by atomic mass is 10.1. The van der Waals surface area contributed by atoms with Crippen LogP contribution in [0, 0.1) is 11.2 Å². The molecule has 34 heavy (non-hydrogen) atoms. The van der Waals surface area contributed by atoms with Crippen molar-refractivity contribution in [2.45, 2.75) is 31.8 Å². The number of carbonyl (C=O) groups is 1. The number of halogens is 4. The minimum Gasteiger partial charge on any atom is -0.436 e.